The zero-order chi connectivity index (χ0) is 16.4. The van der Waals surface area contributed by atoms with Crippen molar-refractivity contribution in [2.45, 2.75) is 19.4 Å². The molecule has 1 amide bonds. The molecule has 1 aliphatic heterocycles. The predicted molar refractivity (Wildman–Crippen MR) is 89.1 cm³/mol. The van der Waals surface area contributed by atoms with Gasteiger partial charge in [-0.1, -0.05) is 24.3 Å². The number of carbonyl (C=O) groups is 1. The summed E-state index contributed by atoms with van der Waals surface area (Å²) in [4.78, 5) is 11.9. The van der Waals surface area contributed by atoms with Gasteiger partial charge in [-0.25, -0.2) is 5.01 Å². The van der Waals surface area contributed by atoms with Crippen LogP contribution in [0.5, 0.6) is 0 Å². The van der Waals surface area contributed by atoms with Crippen molar-refractivity contribution in [1.82, 2.24) is 5.01 Å². The number of nitrogens with zero attached hydrogens (tertiary/aromatic N) is 2. The van der Waals surface area contributed by atoms with E-state index in [1.165, 1.54) is 11.9 Å². The molecule has 0 saturated carbocycles. The van der Waals surface area contributed by atoms with E-state index in [4.69, 9.17) is 10.9 Å². The Morgan fingerprint density at radius 1 is 1.22 bits per heavy atom. The smallest absolute Gasteiger partial charge is 0.240 e. The number of hydrazone groups is 1. The van der Waals surface area contributed by atoms with Crippen molar-refractivity contribution in [1.29, 1.82) is 0 Å². The largest absolute Gasteiger partial charge is 0.399 e. The molecule has 0 fully saturated rings. The van der Waals surface area contributed by atoms with E-state index in [9.17, 15) is 4.79 Å². The maximum Gasteiger partial charge on any atom is 0.240 e. The first-order valence-electron chi connectivity index (χ1n) is 7.32. The molecule has 2 aromatic carbocycles. The quantitative estimate of drug-likeness (QED) is 0.600. The van der Waals surface area contributed by atoms with Crippen molar-refractivity contribution in [2.24, 2.45) is 5.10 Å². The van der Waals surface area contributed by atoms with Gasteiger partial charge >= 0.3 is 0 Å². The van der Waals surface area contributed by atoms with E-state index in [2.05, 4.69) is 10.6 Å². The minimum atomic E-state index is -0.146. The summed E-state index contributed by atoms with van der Waals surface area (Å²) < 4.78 is 0. The van der Waals surface area contributed by atoms with Gasteiger partial charge in [-0.05, 0) is 35.4 Å². The van der Waals surface area contributed by atoms with Crippen LogP contribution in [0.25, 0.3) is 0 Å². The van der Waals surface area contributed by atoms with E-state index < -0.39 is 0 Å². The van der Waals surface area contributed by atoms with E-state index in [0.717, 1.165) is 16.8 Å². The highest BCUT2D eigenvalue weighted by Crippen LogP contribution is 2.33. The summed E-state index contributed by atoms with van der Waals surface area (Å²) in [7, 11) is 0. The third-order valence-corrected chi connectivity index (χ3v) is 3.90. The SMILES string of the molecule is CC(=O)N1N=C(c2ccc(N)cc2)CC1c1ccc(NO)cc1. The Morgan fingerprint density at radius 2 is 1.87 bits per heavy atom. The summed E-state index contributed by atoms with van der Waals surface area (Å²) in [5.74, 6) is -0.107. The van der Waals surface area contributed by atoms with Crippen molar-refractivity contribution >= 4 is 23.0 Å². The molecule has 23 heavy (non-hydrogen) atoms. The summed E-state index contributed by atoms with van der Waals surface area (Å²) in [6.45, 7) is 1.51. The maximum absolute atomic E-state index is 11.9. The number of hydrogen-bond acceptors (Lipinski definition) is 5. The number of nitrogen functional groups attached to an aromatic ring is 1. The van der Waals surface area contributed by atoms with Gasteiger partial charge in [0, 0.05) is 19.0 Å². The second-order valence-electron chi connectivity index (χ2n) is 5.49. The molecule has 6 nitrogen and oxygen atoms in total. The van der Waals surface area contributed by atoms with Crippen LogP contribution in [-0.2, 0) is 4.79 Å². The average molecular weight is 310 g/mol. The van der Waals surface area contributed by atoms with Gasteiger partial charge in [0.15, 0.2) is 0 Å². The predicted octanol–water partition coefficient (Wildman–Crippen LogP) is 2.77. The van der Waals surface area contributed by atoms with E-state index in [1.807, 2.05) is 36.4 Å². The Labute approximate surface area is 134 Å². The van der Waals surface area contributed by atoms with Gasteiger partial charge in [-0.15, -0.1) is 0 Å². The second-order valence-corrected chi connectivity index (χ2v) is 5.49. The third-order valence-electron chi connectivity index (χ3n) is 3.90. The number of carbonyl (C=O) groups excluding carboxylic acids is 1. The fourth-order valence-corrected chi connectivity index (χ4v) is 2.69. The van der Waals surface area contributed by atoms with Gasteiger partial charge in [0.25, 0.3) is 0 Å². The molecule has 0 saturated heterocycles. The van der Waals surface area contributed by atoms with E-state index in [1.54, 1.807) is 12.1 Å². The van der Waals surface area contributed by atoms with Crippen LogP contribution in [-0.4, -0.2) is 21.8 Å². The Bertz CT molecular complexity index is 738. The number of amides is 1. The fourth-order valence-electron chi connectivity index (χ4n) is 2.69. The summed E-state index contributed by atoms with van der Waals surface area (Å²) in [5.41, 5.74) is 11.9. The standard InChI is InChI=1S/C17H18N4O2/c1-11(22)21-17(13-4-8-15(20-23)9-5-13)10-16(19-21)12-2-6-14(18)7-3-12/h2-9,17,20,23H,10,18H2,1H3. The maximum atomic E-state index is 11.9. The van der Waals surface area contributed by atoms with E-state index >= 15 is 0 Å². The number of rotatable bonds is 3. The lowest BCUT2D eigenvalue weighted by molar-refractivity contribution is -0.130. The van der Waals surface area contributed by atoms with Gasteiger partial charge in [-0.2, -0.15) is 5.10 Å². The molecule has 1 atom stereocenters. The molecule has 0 aromatic heterocycles. The van der Waals surface area contributed by atoms with Crippen LogP contribution in [0.15, 0.2) is 53.6 Å². The number of anilines is 2. The first-order chi connectivity index (χ1) is 11.1. The van der Waals surface area contributed by atoms with Gasteiger partial charge in [0.05, 0.1) is 17.4 Å². The molecule has 6 heteroatoms. The Balaban J connectivity index is 1.90. The van der Waals surface area contributed by atoms with Gasteiger partial charge in [-0.3, -0.25) is 15.5 Å². The first kappa shape index (κ1) is 15.1. The highest BCUT2D eigenvalue weighted by molar-refractivity contribution is 6.03. The Kier molecular flexibility index (Phi) is 3.99. The lowest BCUT2D eigenvalue weighted by Crippen LogP contribution is -2.24. The monoisotopic (exact) mass is 310 g/mol. The molecule has 1 unspecified atom stereocenters. The molecule has 0 spiro atoms. The zero-order valence-electron chi connectivity index (χ0n) is 12.7. The normalized spacial score (nSPS) is 17.0. The molecule has 118 valence electrons. The molecule has 3 rings (SSSR count). The molecule has 0 aliphatic carbocycles. The number of hydrogen-bond donors (Lipinski definition) is 3. The molecule has 4 N–H and O–H groups in total. The highest BCUT2D eigenvalue weighted by atomic mass is 16.5. The summed E-state index contributed by atoms with van der Waals surface area (Å²) >= 11 is 0. The number of benzene rings is 2. The van der Waals surface area contributed by atoms with Crippen LogP contribution < -0.4 is 11.2 Å². The molecule has 1 heterocycles. The zero-order valence-corrected chi connectivity index (χ0v) is 12.7. The van der Waals surface area contributed by atoms with Crippen LogP contribution in [0.2, 0.25) is 0 Å². The number of nitrogens with two attached hydrogens (primary N) is 1. The summed E-state index contributed by atoms with van der Waals surface area (Å²) in [5, 5.41) is 14.9. The number of nitrogens with one attached hydrogen (secondary N) is 1. The Hall–Kier alpha value is -2.86. The van der Waals surface area contributed by atoms with Crippen molar-refractivity contribution in [3.05, 3.63) is 59.7 Å². The van der Waals surface area contributed by atoms with E-state index in [-0.39, 0.29) is 11.9 Å². The molecular weight excluding hydrogens is 292 g/mol. The van der Waals surface area contributed by atoms with Crippen LogP contribution in [0.3, 0.4) is 0 Å². The third kappa shape index (κ3) is 3.02. The van der Waals surface area contributed by atoms with Crippen LogP contribution in [0, 0.1) is 0 Å². The van der Waals surface area contributed by atoms with Crippen molar-refractivity contribution in [3.63, 3.8) is 0 Å². The summed E-state index contributed by atoms with van der Waals surface area (Å²) in [6.07, 6.45) is 0.634. The molecular formula is C17H18N4O2. The first-order valence-corrected chi connectivity index (χ1v) is 7.32. The van der Waals surface area contributed by atoms with Crippen LogP contribution >= 0.6 is 0 Å². The van der Waals surface area contributed by atoms with Crippen molar-refractivity contribution < 1.29 is 10.0 Å². The summed E-state index contributed by atoms with van der Waals surface area (Å²) in [6, 6.07) is 14.6. The van der Waals surface area contributed by atoms with Gasteiger partial charge < -0.3 is 5.73 Å². The average Bonchev–Trinajstić information content (AvgIpc) is 3.01. The van der Waals surface area contributed by atoms with E-state index in [0.29, 0.717) is 17.8 Å². The molecule has 2 aromatic rings. The molecule has 1 aliphatic rings. The van der Waals surface area contributed by atoms with Crippen LogP contribution in [0.4, 0.5) is 11.4 Å². The van der Waals surface area contributed by atoms with Crippen molar-refractivity contribution in [3.8, 4) is 0 Å². The molecule has 0 radical (unpaired) electrons. The minimum absolute atomic E-state index is 0.107. The van der Waals surface area contributed by atoms with Crippen molar-refractivity contribution in [2.75, 3.05) is 11.2 Å². The highest BCUT2D eigenvalue weighted by Gasteiger charge is 2.31. The minimum Gasteiger partial charge on any atom is -0.399 e. The van der Waals surface area contributed by atoms with Crippen LogP contribution in [0.1, 0.15) is 30.5 Å². The van der Waals surface area contributed by atoms with Gasteiger partial charge in [0.2, 0.25) is 5.91 Å². The lowest BCUT2D eigenvalue weighted by atomic mass is 9.98. The topological polar surface area (TPSA) is 91.0 Å². The molecule has 0 bridgehead atoms. The fraction of sp³-hybridized carbons (Fsp3) is 0.176. The van der Waals surface area contributed by atoms with Gasteiger partial charge in [0.1, 0.15) is 0 Å². The Morgan fingerprint density at radius 3 is 2.43 bits per heavy atom. The second kappa shape index (κ2) is 6.10. The lowest BCUT2D eigenvalue weighted by Gasteiger charge is -2.20.